The number of carboxylic acids is 1. The molecule has 0 saturated heterocycles. The number of carboxylic acid groups (broad SMARTS) is 1. The van der Waals surface area contributed by atoms with Gasteiger partial charge >= 0.3 is 12.0 Å². The molecule has 6 heteroatoms. The Morgan fingerprint density at radius 3 is 2.43 bits per heavy atom. The van der Waals surface area contributed by atoms with Crippen molar-refractivity contribution in [3.63, 3.8) is 0 Å². The van der Waals surface area contributed by atoms with Crippen molar-refractivity contribution in [3.8, 4) is 0 Å². The maximum atomic E-state index is 11.6. The van der Waals surface area contributed by atoms with Gasteiger partial charge in [-0.15, -0.1) is 0 Å². The molecule has 0 saturated carbocycles. The highest BCUT2D eigenvalue weighted by molar-refractivity contribution is 7.98. The molecular formula is C15H30N2O3S. The van der Waals surface area contributed by atoms with E-state index >= 15 is 0 Å². The van der Waals surface area contributed by atoms with Crippen LogP contribution in [-0.2, 0) is 4.79 Å². The van der Waals surface area contributed by atoms with E-state index in [1.165, 1.54) is 12.2 Å². The molecule has 0 aromatic carbocycles. The number of nitrogens with one attached hydrogen (secondary N) is 2. The number of hydrogen-bond acceptors (Lipinski definition) is 3. The monoisotopic (exact) mass is 318 g/mol. The van der Waals surface area contributed by atoms with E-state index in [1.54, 1.807) is 6.92 Å². The quantitative estimate of drug-likeness (QED) is 0.483. The Balaban J connectivity index is 3.54. The highest BCUT2D eigenvalue weighted by atomic mass is 32.2. The first-order chi connectivity index (χ1) is 9.97. The average molecular weight is 318 g/mol. The number of hydrogen-bond donors (Lipinski definition) is 3. The minimum absolute atomic E-state index is 0.0717. The molecule has 124 valence electrons. The predicted octanol–water partition coefficient (Wildman–Crippen LogP) is 3.10. The molecule has 0 fully saturated rings. The summed E-state index contributed by atoms with van der Waals surface area (Å²) in [5.74, 6) is 0.111. The van der Waals surface area contributed by atoms with Crippen LogP contribution >= 0.6 is 11.8 Å². The van der Waals surface area contributed by atoms with Gasteiger partial charge in [0.15, 0.2) is 0 Å². The summed E-state index contributed by atoms with van der Waals surface area (Å²) >= 11 is 1.85. The van der Waals surface area contributed by atoms with Crippen molar-refractivity contribution in [1.82, 2.24) is 10.6 Å². The standard InChI is InChI=1S/C15H30N2O3S/c1-12(14(18)19)8-7-9-13(2)17-15(20)16-10-5-4-6-11-21-3/h12-13H,4-11H2,1-3H3,(H,18,19)(H2,16,17,20). The van der Waals surface area contributed by atoms with Gasteiger partial charge in [0.1, 0.15) is 0 Å². The van der Waals surface area contributed by atoms with E-state index in [0.717, 1.165) is 25.7 Å². The Bertz CT molecular complexity index is 301. The number of amides is 2. The van der Waals surface area contributed by atoms with E-state index in [2.05, 4.69) is 16.9 Å². The summed E-state index contributed by atoms with van der Waals surface area (Å²) in [6.07, 6.45) is 7.72. The van der Waals surface area contributed by atoms with Gasteiger partial charge in [-0.05, 0) is 44.6 Å². The Kier molecular flexibility index (Phi) is 12.2. The van der Waals surface area contributed by atoms with Crippen molar-refractivity contribution in [2.45, 2.75) is 58.4 Å². The minimum Gasteiger partial charge on any atom is -0.481 e. The molecule has 3 N–H and O–H groups in total. The van der Waals surface area contributed by atoms with Crippen molar-refractivity contribution in [1.29, 1.82) is 0 Å². The maximum absolute atomic E-state index is 11.6. The van der Waals surface area contributed by atoms with Crippen LogP contribution in [0.5, 0.6) is 0 Å². The van der Waals surface area contributed by atoms with Crippen molar-refractivity contribution in [3.05, 3.63) is 0 Å². The molecule has 21 heavy (non-hydrogen) atoms. The third kappa shape index (κ3) is 12.5. The molecule has 0 aliphatic carbocycles. The van der Waals surface area contributed by atoms with Gasteiger partial charge in [-0.25, -0.2) is 4.79 Å². The first-order valence-electron chi connectivity index (χ1n) is 7.73. The van der Waals surface area contributed by atoms with Crippen LogP contribution in [0, 0.1) is 5.92 Å². The number of unbranched alkanes of at least 4 members (excludes halogenated alkanes) is 2. The van der Waals surface area contributed by atoms with Gasteiger partial charge in [0, 0.05) is 12.6 Å². The van der Waals surface area contributed by atoms with Crippen molar-refractivity contribution >= 4 is 23.8 Å². The number of urea groups is 1. The maximum Gasteiger partial charge on any atom is 0.314 e. The average Bonchev–Trinajstić information content (AvgIpc) is 2.42. The van der Waals surface area contributed by atoms with Gasteiger partial charge in [0.05, 0.1) is 5.92 Å². The lowest BCUT2D eigenvalue weighted by atomic mass is 10.0. The molecule has 0 bridgehead atoms. The Morgan fingerprint density at radius 2 is 1.81 bits per heavy atom. The second-order valence-electron chi connectivity index (χ2n) is 5.52. The highest BCUT2D eigenvalue weighted by Crippen LogP contribution is 2.09. The highest BCUT2D eigenvalue weighted by Gasteiger charge is 2.12. The van der Waals surface area contributed by atoms with E-state index in [0.29, 0.717) is 13.0 Å². The van der Waals surface area contributed by atoms with Crippen LogP contribution in [0.2, 0.25) is 0 Å². The van der Waals surface area contributed by atoms with Gasteiger partial charge in [-0.3, -0.25) is 4.79 Å². The zero-order valence-electron chi connectivity index (χ0n) is 13.5. The van der Waals surface area contributed by atoms with E-state index in [9.17, 15) is 9.59 Å². The second kappa shape index (κ2) is 12.8. The predicted molar refractivity (Wildman–Crippen MR) is 88.9 cm³/mol. The Labute approximate surface area is 132 Å². The minimum atomic E-state index is -0.755. The van der Waals surface area contributed by atoms with E-state index in [1.807, 2.05) is 18.7 Å². The zero-order valence-corrected chi connectivity index (χ0v) is 14.3. The molecule has 2 unspecified atom stereocenters. The summed E-state index contributed by atoms with van der Waals surface area (Å²) in [7, 11) is 0. The molecule has 0 aromatic heterocycles. The van der Waals surface area contributed by atoms with Gasteiger partial charge < -0.3 is 15.7 Å². The summed E-state index contributed by atoms with van der Waals surface area (Å²) in [5, 5.41) is 14.5. The molecule has 0 rings (SSSR count). The van der Waals surface area contributed by atoms with Crippen LogP contribution in [0.1, 0.15) is 52.4 Å². The molecule has 0 aromatic rings. The summed E-state index contributed by atoms with van der Waals surface area (Å²) < 4.78 is 0. The number of thioether (sulfide) groups is 1. The largest absolute Gasteiger partial charge is 0.481 e. The smallest absolute Gasteiger partial charge is 0.314 e. The molecule has 0 aliphatic rings. The Hall–Kier alpha value is -0.910. The van der Waals surface area contributed by atoms with E-state index < -0.39 is 5.97 Å². The van der Waals surface area contributed by atoms with Crippen LogP contribution in [0.25, 0.3) is 0 Å². The fraction of sp³-hybridized carbons (Fsp3) is 0.867. The lowest BCUT2D eigenvalue weighted by Crippen LogP contribution is -2.41. The van der Waals surface area contributed by atoms with Crippen LogP contribution in [0.3, 0.4) is 0 Å². The molecule has 0 heterocycles. The SMILES string of the molecule is CSCCCCCNC(=O)NC(C)CCCC(C)C(=O)O. The number of rotatable bonds is 12. The lowest BCUT2D eigenvalue weighted by molar-refractivity contribution is -0.141. The molecule has 2 atom stereocenters. The summed E-state index contributed by atoms with van der Waals surface area (Å²) in [4.78, 5) is 22.3. The van der Waals surface area contributed by atoms with Crippen LogP contribution in [0.15, 0.2) is 0 Å². The van der Waals surface area contributed by atoms with E-state index in [-0.39, 0.29) is 18.0 Å². The zero-order chi connectivity index (χ0) is 16.1. The molecule has 5 nitrogen and oxygen atoms in total. The molecule has 0 radical (unpaired) electrons. The first kappa shape index (κ1) is 20.1. The summed E-state index contributed by atoms with van der Waals surface area (Å²) in [6, 6.07) is -0.0545. The first-order valence-corrected chi connectivity index (χ1v) is 9.12. The molecular weight excluding hydrogens is 288 g/mol. The second-order valence-corrected chi connectivity index (χ2v) is 6.51. The van der Waals surface area contributed by atoms with E-state index in [4.69, 9.17) is 5.11 Å². The number of carbonyl (C=O) groups excluding carboxylic acids is 1. The summed E-state index contributed by atoms with van der Waals surface area (Å²) in [5.41, 5.74) is 0. The molecule has 2 amide bonds. The van der Waals surface area contributed by atoms with Crippen LogP contribution in [-0.4, -0.2) is 41.7 Å². The fourth-order valence-electron chi connectivity index (χ4n) is 1.95. The van der Waals surface area contributed by atoms with Crippen molar-refractivity contribution in [2.24, 2.45) is 5.92 Å². The fourth-order valence-corrected chi connectivity index (χ4v) is 2.44. The third-order valence-corrected chi connectivity index (χ3v) is 4.08. The third-order valence-electron chi connectivity index (χ3n) is 3.38. The summed E-state index contributed by atoms with van der Waals surface area (Å²) in [6.45, 7) is 4.37. The normalized spacial score (nSPS) is 13.5. The van der Waals surface area contributed by atoms with Gasteiger partial charge in [0.2, 0.25) is 0 Å². The van der Waals surface area contributed by atoms with Gasteiger partial charge in [-0.2, -0.15) is 11.8 Å². The van der Waals surface area contributed by atoms with Crippen LogP contribution < -0.4 is 10.6 Å². The topological polar surface area (TPSA) is 78.4 Å². The van der Waals surface area contributed by atoms with Gasteiger partial charge in [-0.1, -0.05) is 19.8 Å². The lowest BCUT2D eigenvalue weighted by Gasteiger charge is -2.15. The van der Waals surface area contributed by atoms with Crippen molar-refractivity contribution in [2.75, 3.05) is 18.6 Å². The number of carbonyl (C=O) groups is 2. The van der Waals surface area contributed by atoms with Crippen molar-refractivity contribution < 1.29 is 14.7 Å². The molecule has 0 spiro atoms. The Morgan fingerprint density at radius 1 is 1.10 bits per heavy atom. The van der Waals surface area contributed by atoms with Gasteiger partial charge in [0.25, 0.3) is 0 Å². The molecule has 0 aliphatic heterocycles. The van der Waals surface area contributed by atoms with Crippen LogP contribution in [0.4, 0.5) is 4.79 Å². The number of aliphatic carboxylic acids is 1.